The SMILES string of the molecule is C#CCCCNCC1Cc2cc(F)ccc2O1. The summed E-state index contributed by atoms with van der Waals surface area (Å²) in [6.45, 7) is 1.68. The molecule has 0 saturated carbocycles. The summed E-state index contributed by atoms with van der Waals surface area (Å²) >= 11 is 0. The molecule has 1 aromatic carbocycles. The molecule has 2 nitrogen and oxygen atoms in total. The van der Waals surface area contributed by atoms with Gasteiger partial charge in [-0.05, 0) is 31.2 Å². The number of fused-ring (bicyclic) bond motifs is 1. The molecule has 0 amide bonds. The molecule has 0 aromatic heterocycles. The third-order valence-electron chi connectivity index (χ3n) is 2.81. The van der Waals surface area contributed by atoms with Crippen molar-refractivity contribution in [1.29, 1.82) is 0 Å². The monoisotopic (exact) mass is 233 g/mol. The number of hydrogen-bond acceptors (Lipinski definition) is 2. The van der Waals surface area contributed by atoms with Crippen LogP contribution < -0.4 is 10.1 Å². The normalized spacial score (nSPS) is 17.3. The first kappa shape index (κ1) is 11.9. The molecule has 1 heterocycles. The van der Waals surface area contributed by atoms with Crippen molar-refractivity contribution in [3.05, 3.63) is 29.6 Å². The molecule has 0 saturated heterocycles. The fraction of sp³-hybridized carbons (Fsp3) is 0.429. The van der Waals surface area contributed by atoms with E-state index in [9.17, 15) is 4.39 Å². The van der Waals surface area contributed by atoms with Gasteiger partial charge in [0.25, 0.3) is 0 Å². The van der Waals surface area contributed by atoms with E-state index in [1.807, 2.05) is 0 Å². The van der Waals surface area contributed by atoms with Crippen molar-refractivity contribution >= 4 is 0 Å². The van der Waals surface area contributed by atoms with Crippen LogP contribution in [0, 0.1) is 18.2 Å². The van der Waals surface area contributed by atoms with Crippen LogP contribution in [-0.2, 0) is 6.42 Å². The lowest BCUT2D eigenvalue weighted by atomic mass is 10.1. The Kier molecular flexibility index (Phi) is 4.00. The Morgan fingerprint density at radius 3 is 3.24 bits per heavy atom. The molecule has 1 aliphatic rings. The van der Waals surface area contributed by atoms with Crippen LogP contribution in [0.15, 0.2) is 18.2 Å². The summed E-state index contributed by atoms with van der Waals surface area (Å²) in [6.07, 6.45) is 7.82. The van der Waals surface area contributed by atoms with Gasteiger partial charge < -0.3 is 10.1 Å². The Labute approximate surface area is 101 Å². The third kappa shape index (κ3) is 3.21. The highest BCUT2D eigenvalue weighted by atomic mass is 19.1. The maximum atomic E-state index is 13.0. The van der Waals surface area contributed by atoms with Gasteiger partial charge in [0, 0.05) is 24.9 Å². The molecule has 3 heteroatoms. The molecular formula is C14H16FNO. The van der Waals surface area contributed by atoms with Gasteiger partial charge in [-0.25, -0.2) is 4.39 Å². The number of rotatable bonds is 5. The maximum Gasteiger partial charge on any atom is 0.123 e. The van der Waals surface area contributed by atoms with Gasteiger partial charge in [-0.15, -0.1) is 12.3 Å². The minimum atomic E-state index is -0.199. The first-order valence-corrected chi connectivity index (χ1v) is 5.89. The predicted molar refractivity (Wildman–Crippen MR) is 65.5 cm³/mol. The van der Waals surface area contributed by atoms with E-state index < -0.39 is 0 Å². The van der Waals surface area contributed by atoms with Gasteiger partial charge in [-0.2, -0.15) is 0 Å². The van der Waals surface area contributed by atoms with E-state index in [4.69, 9.17) is 11.2 Å². The van der Waals surface area contributed by atoms with E-state index in [2.05, 4.69) is 11.2 Å². The van der Waals surface area contributed by atoms with Crippen LogP contribution in [0.1, 0.15) is 18.4 Å². The van der Waals surface area contributed by atoms with E-state index in [-0.39, 0.29) is 11.9 Å². The Morgan fingerprint density at radius 2 is 2.41 bits per heavy atom. The molecule has 1 N–H and O–H groups in total. The molecule has 0 spiro atoms. The number of benzene rings is 1. The first-order valence-electron chi connectivity index (χ1n) is 5.89. The predicted octanol–water partition coefficient (Wildman–Crippen LogP) is 2.13. The molecule has 1 atom stereocenters. The summed E-state index contributed by atoms with van der Waals surface area (Å²) in [4.78, 5) is 0. The van der Waals surface area contributed by atoms with Crippen LogP contribution in [0.3, 0.4) is 0 Å². The summed E-state index contributed by atoms with van der Waals surface area (Å²) in [6, 6.07) is 4.68. The van der Waals surface area contributed by atoms with E-state index in [0.717, 1.165) is 43.7 Å². The van der Waals surface area contributed by atoms with Crippen LogP contribution in [-0.4, -0.2) is 19.2 Å². The van der Waals surface area contributed by atoms with Crippen LogP contribution in [0.25, 0.3) is 0 Å². The van der Waals surface area contributed by atoms with Crippen molar-refractivity contribution < 1.29 is 9.13 Å². The molecule has 17 heavy (non-hydrogen) atoms. The van der Waals surface area contributed by atoms with Gasteiger partial charge >= 0.3 is 0 Å². The minimum Gasteiger partial charge on any atom is -0.488 e. The summed E-state index contributed by atoms with van der Waals surface area (Å²) in [5.74, 6) is 3.21. The highest BCUT2D eigenvalue weighted by Gasteiger charge is 2.22. The molecular weight excluding hydrogens is 217 g/mol. The standard InChI is InChI=1S/C14H16FNO/c1-2-3-4-7-16-10-13-9-11-8-12(15)5-6-14(11)17-13/h1,5-6,8,13,16H,3-4,7,9-10H2. The average Bonchev–Trinajstić information content (AvgIpc) is 2.70. The Bertz CT molecular complexity index is 425. The Hall–Kier alpha value is -1.53. The molecule has 0 bridgehead atoms. The third-order valence-corrected chi connectivity index (χ3v) is 2.81. The molecule has 1 aliphatic heterocycles. The van der Waals surface area contributed by atoms with Crippen molar-refractivity contribution in [3.8, 4) is 18.1 Å². The van der Waals surface area contributed by atoms with Gasteiger partial charge in [-0.1, -0.05) is 0 Å². The molecule has 0 aliphatic carbocycles. The summed E-state index contributed by atoms with van der Waals surface area (Å²) in [5.41, 5.74) is 0.959. The summed E-state index contributed by atoms with van der Waals surface area (Å²) < 4.78 is 18.7. The zero-order valence-electron chi connectivity index (χ0n) is 9.71. The van der Waals surface area contributed by atoms with Crippen LogP contribution in [0.5, 0.6) is 5.75 Å². The fourth-order valence-corrected chi connectivity index (χ4v) is 1.98. The van der Waals surface area contributed by atoms with Gasteiger partial charge in [-0.3, -0.25) is 0 Å². The zero-order chi connectivity index (χ0) is 12.1. The van der Waals surface area contributed by atoms with E-state index in [1.165, 1.54) is 6.07 Å². The number of hydrogen-bond donors (Lipinski definition) is 1. The van der Waals surface area contributed by atoms with Gasteiger partial charge in [0.2, 0.25) is 0 Å². The number of unbranched alkanes of at least 4 members (excludes halogenated alkanes) is 1. The molecule has 0 fully saturated rings. The maximum absolute atomic E-state index is 13.0. The van der Waals surface area contributed by atoms with Gasteiger partial charge in [0.15, 0.2) is 0 Å². The topological polar surface area (TPSA) is 21.3 Å². The van der Waals surface area contributed by atoms with Crippen molar-refractivity contribution in [2.24, 2.45) is 0 Å². The largest absolute Gasteiger partial charge is 0.488 e. The van der Waals surface area contributed by atoms with E-state index in [0.29, 0.717) is 0 Å². The van der Waals surface area contributed by atoms with E-state index >= 15 is 0 Å². The van der Waals surface area contributed by atoms with E-state index in [1.54, 1.807) is 12.1 Å². The lowest BCUT2D eigenvalue weighted by molar-refractivity contribution is 0.228. The van der Waals surface area contributed by atoms with Crippen molar-refractivity contribution in [2.75, 3.05) is 13.1 Å². The second kappa shape index (κ2) is 5.70. The van der Waals surface area contributed by atoms with Crippen molar-refractivity contribution in [1.82, 2.24) is 5.32 Å². The number of terminal acetylenes is 1. The van der Waals surface area contributed by atoms with Crippen molar-refractivity contribution in [3.63, 3.8) is 0 Å². The zero-order valence-corrected chi connectivity index (χ0v) is 9.71. The Morgan fingerprint density at radius 1 is 1.53 bits per heavy atom. The summed E-state index contributed by atoms with van der Waals surface area (Å²) in [5, 5.41) is 3.30. The van der Waals surface area contributed by atoms with Gasteiger partial charge in [0.05, 0.1) is 0 Å². The van der Waals surface area contributed by atoms with Gasteiger partial charge in [0.1, 0.15) is 17.7 Å². The fourth-order valence-electron chi connectivity index (χ4n) is 1.98. The number of nitrogens with one attached hydrogen (secondary N) is 1. The molecule has 90 valence electrons. The van der Waals surface area contributed by atoms with Crippen LogP contribution in [0.4, 0.5) is 4.39 Å². The lowest BCUT2D eigenvalue weighted by Gasteiger charge is -2.11. The van der Waals surface area contributed by atoms with Crippen LogP contribution in [0.2, 0.25) is 0 Å². The molecule has 2 rings (SSSR count). The number of halogens is 1. The molecule has 1 unspecified atom stereocenters. The minimum absolute atomic E-state index is 0.109. The summed E-state index contributed by atoms with van der Waals surface area (Å²) in [7, 11) is 0. The smallest absolute Gasteiger partial charge is 0.123 e. The van der Waals surface area contributed by atoms with Crippen LogP contribution >= 0.6 is 0 Å². The lowest BCUT2D eigenvalue weighted by Crippen LogP contribution is -2.30. The second-order valence-electron chi connectivity index (χ2n) is 4.21. The first-order chi connectivity index (χ1) is 8.29. The molecule has 1 aromatic rings. The molecule has 0 radical (unpaired) electrons. The highest BCUT2D eigenvalue weighted by molar-refractivity contribution is 5.37. The second-order valence-corrected chi connectivity index (χ2v) is 4.21. The quantitative estimate of drug-likeness (QED) is 0.621. The Balaban J connectivity index is 1.75. The highest BCUT2D eigenvalue weighted by Crippen LogP contribution is 2.28. The number of ether oxygens (including phenoxy) is 1. The average molecular weight is 233 g/mol. The van der Waals surface area contributed by atoms with Crippen molar-refractivity contribution in [2.45, 2.75) is 25.4 Å².